The normalized spacial score (nSPS) is 19.2. The average Bonchev–Trinajstić information content (AvgIpc) is 2.28. The van der Waals surface area contributed by atoms with Crippen molar-refractivity contribution in [1.29, 1.82) is 0 Å². The second kappa shape index (κ2) is 6.90. The number of ether oxygens (including phenoxy) is 2. The summed E-state index contributed by atoms with van der Waals surface area (Å²) in [4.78, 5) is 0. The van der Waals surface area contributed by atoms with E-state index in [1.54, 1.807) is 0 Å². The Kier molecular flexibility index (Phi) is 5.83. The van der Waals surface area contributed by atoms with E-state index in [-0.39, 0.29) is 0 Å². The highest BCUT2D eigenvalue weighted by atomic mass is 16.7. The lowest BCUT2D eigenvalue weighted by Crippen LogP contribution is -2.30. The van der Waals surface area contributed by atoms with Crippen LogP contribution >= 0.6 is 0 Å². The van der Waals surface area contributed by atoms with E-state index in [0.717, 1.165) is 25.7 Å². The minimum absolute atomic E-state index is 0.499. The second-order valence-corrected chi connectivity index (χ2v) is 4.10. The van der Waals surface area contributed by atoms with Crippen molar-refractivity contribution in [3.05, 3.63) is 0 Å². The fraction of sp³-hybridized carbons (Fsp3) is 0.846. The van der Waals surface area contributed by atoms with Gasteiger partial charge in [-0.15, -0.1) is 0 Å². The molecular formula is C13H22O3. The van der Waals surface area contributed by atoms with Gasteiger partial charge in [0.05, 0.1) is 0 Å². The molecule has 1 rings (SSSR count). The summed E-state index contributed by atoms with van der Waals surface area (Å²) in [6.45, 7) is 4.95. The first-order chi connectivity index (χ1) is 7.70. The molecule has 1 fully saturated rings. The van der Waals surface area contributed by atoms with Crippen LogP contribution in [-0.2, 0) is 9.47 Å². The first kappa shape index (κ1) is 13.5. The van der Waals surface area contributed by atoms with Gasteiger partial charge in [-0.05, 0) is 45.5 Å². The van der Waals surface area contributed by atoms with Gasteiger partial charge in [-0.1, -0.05) is 12.3 Å². The molecule has 1 N–H and O–H groups in total. The first-order valence-electron chi connectivity index (χ1n) is 6.18. The molecule has 0 aromatic heterocycles. The van der Waals surface area contributed by atoms with Gasteiger partial charge >= 0.3 is 0 Å². The van der Waals surface area contributed by atoms with Gasteiger partial charge in [0, 0.05) is 13.2 Å². The van der Waals surface area contributed by atoms with Crippen LogP contribution in [0.2, 0.25) is 0 Å². The quantitative estimate of drug-likeness (QED) is 0.589. The van der Waals surface area contributed by atoms with Crippen LogP contribution in [0, 0.1) is 11.8 Å². The molecule has 0 amide bonds. The van der Waals surface area contributed by atoms with Crippen molar-refractivity contribution in [3.8, 4) is 11.8 Å². The Balaban J connectivity index is 2.53. The van der Waals surface area contributed by atoms with Crippen LogP contribution in [0.15, 0.2) is 0 Å². The summed E-state index contributed by atoms with van der Waals surface area (Å²) in [6.07, 6.45) is 4.35. The van der Waals surface area contributed by atoms with Crippen molar-refractivity contribution in [2.45, 2.75) is 57.8 Å². The van der Waals surface area contributed by atoms with E-state index in [2.05, 4.69) is 11.8 Å². The van der Waals surface area contributed by atoms with Crippen molar-refractivity contribution >= 4 is 0 Å². The molecule has 0 unspecified atom stereocenters. The van der Waals surface area contributed by atoms with Gasteiger partial charge in [-0.3, -0.25) is 0 Å². The Hall–Kier alpha value is -0.560. The molecule has 1 aliphatic carbocycles. The number of hydrogen-bond acceptors (Lipinski definition) is 3. The van der Waals surface area contributed by atoms with E-state index in [9.17, 15) is 5.11 Å². The van der Waals surface area contributed by atoms with Gasteiger partial charge in [0.1, 0.15) is 5.60 Å². The van der Waals surface area contributed by atoms with Crippen LogP contribution < -0.4 is 0 Å². The van der Waals surface area contributed by atoms with E-state index in [1.807, 2.05) is 13.8 Å². The van der Waals surface area contributed by atoms with E-state index < -0.39 is 11.9 Å². The van der Waals surface area contributed by atoms with Gasteiger partial charge < -0.3 is 14.6 Å². The summed E-state index contributed by atoms with van der Waals surface area (Å²) in [5, 5.41) is 10.2. The summed E-state index contributed by atoms with van der Waals surface area (Å²) < 4.78 is 10.6. The first-order valence-corrected chi connectivity index (χ1v) is 6.18. The molecule has 16 heavy (non-hydrogen) atoms. The molecule has 3 heteroatoms. The minimum atomic E-state index is -0.815. The van der Waals surface area contributed by atoms with E-state index in [0.29, 0.717) is 13.2 Å². The molecular weight excluding hydrogens is 204 g/mol. The summed E-state index contributed by atoms with van der Waals surface area (Å²) >= 11 is 0. The average molecular weight is 226 g/mol. The van der Waals surface area contributed by atoms with Crippen molar-refractivity contribution in [3.63, 3.8) is 0 Å². The maximum Gasteiger partial charge on any atom is 0.222 e. The number of aliphatic hydroxyl groups is 1. The third-order valence-corrected chi connectivity index (χ3v) is 2.74. The molecule has 0 saturated heterocycles. The summed E-state index contributed by atoms with van der Waals surface area (Å²) in [5.74, 6) is 5.81. The molecule has 0 radical (unpaired) electrons. The standard InChI is InChI=1S/C13H22O3/c1-3-15-12(16-4-2)8-11-13(14)9-6-5-7-10-13/h12,14H,3-7,9-10H2,1-2H3. The van der Waals surface area contributed by atoms with Gasteiger partial charge in [-0.25, -0.2) is 0 Å². The van der Waals surface area contributed by atoms with Crippen molar-refractivity contribution in [2.24, 2.45) is 0 Å². The van der Waals surface area contributed by atoms with Gasteiger partial charge in [0.25, 0.3) is 0 Å². The molecule has 0 aromatic carbocycles. The highest BCUT2D eigenvalue weighted by Gasteiger charge is 2.26. The summed E-state index contributed by atoms with van der Waals surface area (Å²) in [6, 6.07) is 0. The molecule has 0 heterocycles. The smallest absolute Gasteiger partial charge is 0.222 e. The Morgan fingerprint density at radius 1 is 1.12 bits per heavy atom. The van der Waals surface area contributed by atoms with Crippen LogP contribution in [0.5, 0.6) is 0 Å². The van der Waals surface area contributed by atoms with Crippen molar-refractivity contribution < 1.29 is 14.6 Å². The van der Waals surface area contributed by atoms with Gasteiger partial charge in [0.2, 0.25) is 6.29 Å². The maximum atomic E-state index is 10.2. The minimum Gasteiger partial charge on any atom is -0.378 e. The molecule has 92 valence electrons. The highest BCUT2D eigenvalue weighted by molar-refractivity contribution is 5.16. The van der Waals surface area contributed by atoms with E-state index in [4.69, 9.17) is 9.47 Å². The molecule has 3 nitrogen and oxygen atoms in total. The number of rotatable bonds is 4. The number of hydrogen-bond donors (Lipinski definition) is 1. The molecule has 0 aromatic rings. The fourth-order valence-corrected chi connectivity index (χ4v) is 1.89. The fourth-order valence-electron chi connectivity index (χ4n) is 1.89. The molecule has 1 saturated carbocycles. The highest BCUT2D eigenvalue weighted by Crippen LogP contribution is 2.27. The van der Waals surface area contributed by atoms with Crippen LogP contribution in [0.3, 0.4) is 0 Å². The Morgan fingerprint density at radius 3 is 2.19 bits per heavy atom. The molecule has 0 bridgehead atoms. The molecule has 0 spiro atoms. The van der Waals surface area contributed by atoms with E-state index >= 15 is 0 Å². The van der Waals surface area contributed by atoms with Crippen LogP contribution in [0.1, 0.15) is 46.0 Å². The third kappa shape index (κ3) is 4.52. The third-order valence-electron chi connectivity index (χ3n) is 2.74. The molecule has 0 atom stereocenters. The van der Waals surface area contributed by atoms with Gasteiger partial charge in [-0.2, -0.15) is 0 Å². The lowest BCUT2D eigenvalue weighted by molar-refractivity contribution is -0.0974. The Morgan fingerprint density at radius 2 is 1.69 bits per heavy atom. The topological polar surface area (TPSA) is 38.7 Å². The van der Waals surface area contributed by atoms with Crippen LogP contribution in [0.25, 0.3) is 0 Å². The lowest BCUT2D eigenvalue weighted by atomic mass is 9.85. The predicted molar refractivity (Wildman–Crippen MR) is 62.9 cm³/mol. The predicted octanol–water partition coefficient (Wildman–Crippen LogP) is 2.08. The molecule has 0 aliphatic heterocycles. The maximum absolute atomic E-state index is 10.2. The Labute approximate surface area is 98.1 Å². The second-order valence-electron chi connectivity index (χ2n) is 4.10. The summed E-state index contributed by atoms with van der Waals surface area (Å²) in [5.41, 5.74) is -0.815. The van der Waals surface area contributed by atoms with Crippen LogP contribution in [0.4, 0.5) is 0 Å². The van der Waals surface area contributed by atoms with Gasteiger partial charge in [0.15, 0.2) is 0 Å². The largest absolute Gasteiger partial charge is 0.378 e. The molecule has 1 aliphatic rings. The monoisotopic (exact) mass is 226 g/mol. The van der Waals surface area contributed by atoms with Crippen molar-refractivity contribution in [2.75, 3.05) is 13.2 Å². The van der Waals surface area contributed by atoms with Crippen LogP contribution in [-0.4, -0.2) is 30.2 Å². The van der Waals surface area contributed by atoms with E-state index in [1.165, 1.54) is 6.42 Å². The zero-order valence-electron chi connectivity index (χ0n) is 10.3. The van der Waals surface area contributed by atoms with Crippen molar-refractivity contribution in [1.82, 2.24) is 0 Å². The SMILES string of the molecule is CCOC(C#CC1(O)CCCCC1)OCC. The summed E-state index contributed by atoms with van der Waals surface area (Å²) in [7, 11) is 0. The Bertz CT molecular complexity index is 240. The zero-order valence-corrected chi connectivity index (χ0v) is 10.3. The lowest BCUT2D eigenvalue weighted by Gasteiger charge is -2.26. The zero-order chi connectivity index (χ0) is 11.9.